The van der Waals surface area contributed by atoms with Crippen molar-refractivity contribution in [2.24, 2.45) is 0 Å². The Kier molecular flexibility index (Phi) is 7.16. The number of ether oxygens (including phenoxy) is 2. The summed E-state index contributed by atoms with van der Waals surface area (Å²) in [5.74, 6) is -1.16. The summed E-state index contributed by atoms with van der Waals surface area (Å²) in [6, 6.07) is 2.49. The number of allylic oxidation sites excluding steroid dienone is 3. The molecule has 1 atom stereocenters. The molecule has 0 radical (unpaired) electrons. The number of carbonyl (C=O) groups is 3. The number of nitrogens with one attached hydrogen (secondary N) is 2. The zero-order valence-corrected chi connectivity index (χ0v) is 15.3. The van der Waals surface area contributed by atoms with Crippen molar-refractivity contribution in [2.45, 2.75) is 19.9 Å². The van der Waals surface area contributed by atoms with Crippen molar-refractivity contribution in [3.05, 3.63) is 58.0 Å². The highest BCUT2D eigenvalue weighted by atomic mass is 32.1. The molecule has 138 valence electrons. The molecular weight excluding hydrogens is 356 g/mol. The first kappa shape index (κ1) is 19.5. The summed E-state index contributed by atoms with van der Waals surface area (Å²) < 4.78 is 10.3. The molecular formula is C18H20N2O5S. The molecule has 2 heterocycles. The standard InChI is InChI=1S/C18H20N2O5S/c1-3-5-6-9-14(21)25-11-12-15(17(22)24-4-2)16(20-18(23)19-12)13-8-7-10-26-13/h3,5-10,16H,4,11H2,1-2H3,(H2,19,20,23). The Hall–Kier alpha value is -2.87. The third-order valence-electron chi connectivity index (χ3n) is 3.37. The average Bonchev–Trinajstić information content (AvgIpc) is 3.14. The molecule has 2 N–H and O–H groups in total. The summed E-state index contributed by atoms with van der Waals surface area (Å²) in [5, 5.41) is 7.09. The Balaban J connectivity index is 2.28. The van der Waals surface area contributed by atoms with Crippen molar-refractivity contribution in [2.75, 3.05) is 13.2 Å². The van der Waals surface area contributed by atoms with Gasteiger partial charge >= 0.3 is 18.0 Å². The number of amides is 2. The van der Waals surface area contributed by atoms with Crippen LogP contribution in [-0.2, 0) is 19.1 Å². The molecule has 0 aliphatic carbocycles. The zero-order chi connectivity index (χ0) is 18.9. The predicted molar refractivity (Wildman–Crippen MR) is 97.3 cm³/mol. The molecule has 2 amide bonds. The van der Waals surface area contributed by atoms with Gasteiger partial charge in [-0.3, -0.25) is 0 Å². The van der Waals surface area contributed by atoms with Gasteiger partial charge < -0.3 is 20.1 Å². The van der Waals surface area contributed by atoms with Crippen molar-refractivity contribution in [3.63, 3.8) is 0 Å². The minimum Gasteiger partial charge on any atom is -0.463 e. The number of urea groups is 1. The van der Waals surface area contributed by atoms with E-state index in [4.69, 9.17) is 9.47 Å². The molecule has 0 fully saturated rings. The van der Waals surface area contributed by atoms with Crippen LogP contribution in [0.5, 0.6) is 0 Å². The van der Waals surface area contributed by atoms with E-state index >= 15 is 0 Å². The molecule has 1 aromatic rings. The molecule has 1 aliphatic heterocycles. The molecule has 0 saturated carbocycles. The lowest BCUT2D eigenvalue weighted by Gasteiger charge is -2.28. The summed E-state index contributed by atoms with van der Waals surface area (Å²) in [7, 11) is 0. The molecule has 1 aliphatic rings. The molecule has 26 heavy (non-hydrogen) atoms. The summed E-state index contributed by atoms with van der Waals surface area (Å²) in [6.07, 6.45) is 6.25. The Bertz CT molecular complexity index is 750. The largest absolute Gasteiger partial charge is 0.463 e. The molecule has 0 spiro atoms. The van der Waals surface area contributed by atoms with Gasteiger partial charge in [0.2, 0.25) is 0 Å². The highest BCUT2D eigenvalue weighted by Gasteiger charge is 2.34. The molecule has 0 bridgehead atoms. The number of esters is 2. The monoisotopic (exact) mass is 376 g/mol. The number of hydrogen-bond acceptors (Lipinski definition) is 6. The molecule has 7 nitrogen and oxygen atoms in total. The van der Waals surface area contributed by atoms with Crippen LogP contribution in [0.3, 0.4) is 0 Å². The quantitative estimate of drug-likeness (QED) is 0.433. The first-order valence-corrected chi connectivity index (χ1v) is 8.92. The van der Waals surface area contributed by atoms with Crippen molar-refractivity contribution in [1.29, 1.82) is 0 Å². The Morgan fingerprint density at radius 3 is 2.77 bits per heavy atom. The molecule has 1 unspecified atom stereocenters. The molecule has 0 saturated heterocycles. The smallest absolute Gasteiger partial charge is 0.338 e. The Morgan fingerprint density at radius 1 is 1.31 bits per heavy atom. The molecule has 1 aromatic heterocycles. The van der Waals surface area contributed by atoms with Crippen LogP contribution in [0.1, 0.15) is 24.8 Å². The highest BCUT2D eigenvalue weighted by Crippen LogP contribution is 2.30. The van der Waals surface area contributed by atoms with E-state index in [0.717, 1.165) is 4.88 Å². The average molecular weight is 376 g/mol. The van der Waals surface area contributed by atoms with Gasteiger partial charge in [-0.2, -0.15) is 0 Å². The topological polar surface area (TPSA) is 93.7 Å². The lowest BCUT2D eigenvalue weighted by atomic mass is 10.0. The van der Waals surface area contributed by atoms with E-state index < -0.39 is 24.0 Å². The van der Waals surface area contributed by atoms with Crippen LogP contribution >= 0.6 is 11.3 Å². The summed E-state index contributed by atoms with van der Waals surface area (Å²) >= 11 is 1.40. The summed E-state index contributed by atoms with van der Waals surface area (Å²) in [5.41, 5.74) is 0.428. The minimum absolute atomic E-state index is 0.187. The molecule has 8 heteroatoms. The maximum absolute atomic E-state index is 12.4. The van der Waals surface area contributed by atoms with Gasteiger partial charge in [0.1, 0.15) is 6.61 Å². The second-order valence-corrected chi connectivity index (χ2v) is 6.13. The minimum atomic E-state index is -0.657. The maximum atomic E-state index is 12.4. The van der Waals surface area contributed by atoms with Crippen molar-refractivity contribution in [3.8, 4) is 0 Å². The van der Waals surface area contributed by atoms with E-state index in [2.05, 4.69) is 10.6 Å². The fourth-order valence-corrected chi connectivity index (χ4v) is 3.07. The van der Waals surface area contributed by atoms with Crippen LogP contribution in [0, 0.1) is 0 Å². The normalized spacial score (nSPS) is 17.3. The lowest BCUT2D eigenvalue weighted by molar-refractivity contribution is -0.140. The van der Waals surface area contributed by atoms with Crippen LogP contribution in [-0.4, -0.2) is 31.2 Å². The third kappa shape index (κ3) is 5.06. The predicted octanol–water partition coefficient (Wildman–Crippen LogP) is 2.59. The van der Waals surface area contributed by atoms with Gasteiger partial charge in [-0.25, -0.2) is 14.4 Å². The highest BCUT2D eigenvalue weighted by molar-refractivity contribution is 7.10. The van der Waals surface area contributed by atoms with E-state index in [0.29, 0.717) is 0 Å². The van der Waals surface area contributed by atoms with Crippen LogP contribution in [0.25, 0.3) is 0 Å². The van der Waals surface area contributed by atoms with Gasteiger partial charge in [0.15, 0.2) is 0 Å². The number of thiophene rings is 1. The summed E-state index contributed by atoms with van der Waals surface area (Å²) in [4.78, 5) is 37.0. The van der Waals surface area contributed by atoms with E-state index in [1.54, 1.807) is 25.2 Å². The fourth-order valence-electron chi connectivity index (χ4n) is 2.29. The van der Waals surface area contributed by atoms with E-state index in [-0.39, 0.29) is 24.5 Å². The fraction of sp³-hybridized carbons (Fsp3) is 0.278. The second kappa shape index (κ2) is 9.57. The Labute approximate surface area is 155 Å². The van der Waals surface area contributed by atoms with Crippen molar-refractivity contribution < 1.29 is 23.9 Å². The molecule has 2 rings (SSSR count). The van der Waals surface area contributed by atoms with E-state index in [1.165, 1.54) is 17.4 Å². The number of rotatable bonds is 7. The first-order valence-electron chi connectivity index (χ1n) is 8.04. The van der Waals surface area contributed by atoms with Crippen LogP contribution < -0.4 is 10.6 Å². The zero-order valence-electron chi connectivity index (χ0n) is 14.5. The van der Waals surface area contributed by atoms with Gasteiger partial charge in [0.25, 0.3) is 0 Å². The van der Waals surface area contributed by atoms with Gasteiger partial charge in [-0.15, -0.1) is 11.3 Å². The number of carbonyl (C=O) groups excluding carboxylic acids is 3. The van der Waals surface area contributed by atoms with Crippen molar-refractivity contribution >= 4 is 29.3 Å². The molecule has 0 aromatic carbocycles. The third-order valence-corrected chi connectivity index (χ3v) is 4.31. The SMILES string of the molecule is CC=CC=CC(=O)OCC1=C(C(=O)OCC)C(c2cccs2)NC(=O)N1. The van der Waals surface area contributed by atoms with Gasteiger partial charge in [0.05, 0.1) is 23.9 Å². The first-order chi connectivity index (χ1) is 12.6. The van der Waals surface area contributed by atoms with Gasteiger partial charge in [-0.05, 0) is 25.3 Å². The lowest BCUT2D eigenvalue weighted by Crippen LogP contribution is -2.46. The van der Waals surface area contributed by atoms with Crippen LogP contribution in [0.4, 0.5) is 4.79 Å². The maximum Gasteiger partial charge on any atom is 0.338 e. The van der Waals surface area contributed by atoms with Crippen LogP contribution in [0.15, 0.2) is 53.1 Å². The second-order valence-electron chi connectivity index (χ2n) is 5.15. The number of hydrogen-bond donors (Lipinski definition) is 2. The van der Waals surface area contributed by atoms with Gasteiger partial charge in [-0.1, -0.05) is 24.3 Å². The van der Waals surface area contributed by atoms with E-state index in [9.17, 15) is 14.4 Å². The summed E-state index contributed by atoms with van der Waals surface area (Å²) in [6.45, 7) is 3.45. The van der Waals surface area contributed by atoms with E-state index in [1.807, 2.05) is 24.4 Å². The van der Waals surface area contributed by atoms with Crippen LogP contribution in [0.2, 0.25) is 0 Å². The Morgan fingerprint density at radius 2 is 2.12 bits per heavy atom. The van der Waals surface area contributed by atoms with Gasteiger partial charge in [0, 0.05) is 11.0 Å². The van der Waals surface area contributed by atoms with Crippen molar-refractivity contribution in [1.82, 2.24) is 10.6 Å².